The lowest BCUT2D eigenvalue weighted by Gasteiger charge is -2.29. The van der Waals surface area contributed by atoms with Crippen LogP contribution in [-0.4, -0.2) is 30.4 Å². The first kappa shape index (κ1) is 15.8. The summed E-state index contributed by atoms with van der Waals surface area (Å²) in [5, 5.41) is 0. The molecule has 0 heterocycles. The Kier molecular flexibility index (Phi) is 6.44. The molecule has 2 aliphatic carbocycles. The van der Waals surface area contributed by atoms with Gasteiger partial charge < -0.3 is 10.6 Å². The molecule has 0 aromatic rings. The number of hydrogen-bond donors (Lipinski definition) is 1. The van der Waals surface area contributed by atoms with Gasteiger partial charge in [0, 0.05) is 19.6 Å². The summed E-state index contributed by atoms with van der Waals surface area (Å²) in [6.07, 6.45) is 9.80. The third-order valence-electron chi connectivity index (χ3n) is 4.52. The molecule has 2 atom stereocenters. The molecular formula is C14H27ClN2O. The second-order valence-corrected chi connectivity index (χ2v) is 5.92. The van der Waals surface area contributed by atoms with Gasteiger partial charge >= 0.3 is 0 Å². The van der Waals surface area contributed by atoms with Crippen LogP contribution in [0.2, 0.25) is 0 Å². The zero-order chi connectivity index (χ0) is 12.3. The van der Waals surface area contributed by atoms with E-state index in [0.29, 0.717) is 5.91 Å². The van der Waals surface area contributed by atoms with Crippen LogP contribution >= 0.6 is 12.4 Å². The van der Waals surface area contributed by atoms with Crippen LogP contribution in [0.4, 0.5) is 0 Å². The summed E-state index contributed by atoms with van der Waals surface area (Å²) in [7, 11) is 1.96. The summed E-state index contributed by atoms with van der Waals surface area (Å²) in [4.78, 5) is 14.2. The third-order valence-corrected chi connectivity index (χ3v) is 4.52. The summed E-state index contributed by atoms with van der Waals surface area (Å²) in [6, 6.07) is 0.108. The molecule has 4 heteroatoms. The predicted octanol–water partition coefficient (Wildman–Crippen LogP) is 2.57. The lowest BCUT2D eigenvalue weighted by Crippen LogP contribution is -2.41. The second kappa shape index (κ2) is 7.34. The quantitative estimate of drug-likeness (QED) is 0.860. The zero-order valence-corrected chi connectivity index (χ0v) is 12.3. The van der Waals surface area contributed by atoms with Gasteiger partial charge in [-0.2, -0.15) is 0 Å². The first-order chi connectivity index (χ1) is 8.18. The second-order valence-electron chi connectivity index (χ2n) is 5.92. The van der Waals surface area contributed by atoms with E-state index in [9.17, 15) is 4.79 Å². The molecule has 18 heavy (non-hydrogen) atoms. The van der Waals surface area contributed by atoms with Crippen molar-refractivity contribution in [1.82, 2.24) is 4.90 Å². The molecule has 0 aromatic heterocycles. The number of carbonyl (C=O) groups excluding carboxylic acids is 1. The van der Waals surface area contributed by atoms with Crippen molar-refractivity contribution < 1.29 is 4.79 Å². The zero-order valence-electron chi connectivity index (χ0n) is 11.4. The van der Waals surface area contributed by atoms with E-state index >= 15 is 0 Å². The van der Waals surface area contributed by atoms with E-state index < -0.39 is 0 Å². The van der Waals surface area contributed by atoms with Crippen LogP contribution in [0, 0.1) is 11.8 Å². The Morgan fingerprint density at radius 1 is 1.11 bits per heavy atom. The fourth-order valence-corrected chi connectivity index (χ4v) is 3.43. The van der Waals surface area contributed by atoms with E-state index in [-0.39, 0.29) is 24.4 Å². The molecule has 0 saturated heterocycles. The maximum Gasteiger partial charge on any atom is 0.226 e. The highest BCUT2D eigenvalue weighted by molar-refractivity contribution is 5.85. The average Bonchev–Trinajstić information content (AvgIpc) is 2.76. The van der Waals surface area contributed by atoms with Gasteiger partial charge in [-0.3, -0.25) is 4.79 Å². The predicted molar refractivity (Wildman–Crippen MR) is 76.8 cm³/mol. The van der Waals surface area contributed by atoms with Gasteiger partial charge in [-0.05, 0) is 31.6 Å². The standard InChI is InChI=1S/C14H26N2O.ClH/c1-16(10-11-6-3-2-4-7-11)14(17)12-8-5-9-13(12)15;/h11-13H,2-10,15H2,1H3;1H. The van der Waals surface area contributed by atoms with Crippen molar-refractivity contribution in [1.29, 1.82) is 0 Å². The number of carbonyl (C=O) groups is 1. The Morgan fingerprint density at radius 3 is 2.33 bits per heavy atom. The lowest BCUT2D eigenvalue weighted by molar-refractivity contribution is -0.135. The molecule has 1 amide bonds. The van der Waals surface area contributed by atoms with Crippen LogP contribution in [-0.2, 0) is 4.79 Å². The number of nitrogens with zero attached hydrogens (tertiary/aromatic N) is 1. The molecule has 106 valence electrons. The van der Waals surface area contributed by atoms with Crippen LogP contribution < -0.4 is 5.73 Å². The molecule has 2 saturated carbocycles. The molecule has 2 fully saturated rings. The normalized spacial score (nSPS) is 28.8. The minimum absolute atomic E-state index is 0. The molecule has 0 aliphatic heterocycles. The van der Waals surface area contributed by atoms with Crippen LogP contribution in [0.5, 0.6) is 0 Å². The Hall–Kier alpha value is -0.280. The maximum absolute atomic E-state index is 12.3. The van der Waals surface area contributed by atoms with Crippen LogP contribution in [0.1, 0.15) is 51.4 Å². The molecule has 0 spiro atoms. The van der Waals surface area contributed by atoms with Crippen molar-refractivity contribution in [2.75, 3.05) is 13.6 Å². The van der Waals surface area contributed by atoms with Gasteiger partial charge in [0.2, 0.25) is 5.91 Å². The molecule has 2 unspecified atom stereocenters. The monoisotopic (exact) mass is 274 g/mol. The van der Waals surface area contributed by atoms with Gasteiger partial charge in [0.1, 0.15) is 0 Å². The highest BCUT2D eigenvalue weighted by Crippen LogP contribution is 2.28. The van der Waals surface area contributed by atoms with E-state index in [1.54, 1.807) is 0 Å². The summed E-state index contributed by atoms with van der Waals surface area (Å²) in [6.45, 7) is 0.946. The topological polar surface area (TPSA) is 46.3 Å². The van der Waals surface area contributed by atoms with E-state index in [1.165, 1.54) is 32.1 Å². The lowest BCUT2D eigenvalue weighted by atomic mass is 9.88. The van der Waals surface area contributed by atoms with Crippen molar-refractivity contribution in [2.24, 2.45) is 17.6 Å². The summed E-state index contributed by atoms with van der Waals surface area (Å²) in [5.74, 6) is 1.12. The molecule has 0 radical (unpaired) electrons. The van der Waals surface area contributed by atoms with Gasteiger partial charge in [0.05, 0.1) is 5.92 Å². The van der Waals surface area contributed by atoms with Crippen molar-refractivity contribution in [2.45, 2.75) is 57.4 Å². The summed E-state index contributed by atoms with van der Waals surface area (Å²) in [5.41, 5.74) is 6.00. The summed E-state index contributed by atoms with van der Waals surface area (Å²) < 4.78 is 0. The summed E-state index contributed by atoms with van der Waals surface area (Å²) >= 11 is 0. The molecule has 3 nitrogen and oxygen atoms in total. The van der Waals surface area contributed by atoms with Crippen molar-refractivity contribution in [3.8, 4) is 0 Å². The average molecular weight is 275 g/mol. The highest BCUT2D eigenvalue weighted by atomic mass is 35.5. The fraction of sp³-hybridized carbons (Fsp3) is 0.929. The Morgan fingerprint density at radius 2 is 1.78 bits per heavy atom. The van der Waals surface area contributed by atoms with Crippen LogP contribution in [0.15, 0.2) is 0 Å². The van der Waals surface area contributed by atoms with E-state index in [1.807, 2.05) is 11.9 Å². The van der Waals surface area contributed by atoms with Crippen LogP contribution in [0.25, 0.3) is 0 Å². The third kappa shape index (κ3) is 3.86. The molecule has 2 rings (SSSR count). The van der Waals surface area contributed by atoms with Gasteiger partial charge in [-0.1, -0.05) is 25.7 Å². The Balaban J connectivity index is 0.00000162. The molecule has 2 N–H and O–H groups in total. The SMILES string of the molecule is CN(CC1CCCCC1)C(=O)C1CCCC1N.Cl. The van der Waals surface area contributed by atoms with Crippen molar-refractivity contribution in [3.05, 3.63) is 0 Å². The van der Waals surface area contributed by atoms with Crippen LogP contribution in [0.3, 0.4) is 0 Å². The van der Waals surface area contributed by atoms with E-state index in [0.717, 1.165) is 31.7 Å². The van der Waals surface area contributed by atoms with E-state index in [2.05, 4.69) is 0 Å². The number of rotatable bonds is 3. The molecule has 2 aliphatic rings. The van der Waals surface area contributed by atoms with Gasteiger partial charge in [-0.25, -0.2) is 0 Å². The first-order valence-corrected chi connectivity index (χ1v) is 7.19. The number of halogens is 1. The van der Waals surface area contributed by atoms with Gasteiger partial charge in [-0.15, -0.1) is 12.4 Å². The minimum atomic E-state index is 0. The molecule has 0 aromatic carbocycles. The van der Waals surface area contributed by atoms with Gasteiger partial charge in [0.25, 0.3) is 0 Å². The molecular weight excluding hydrogens is 248 g/mol. The largest absolute Gasteiger partial charge is 0.345 e. The fourth-order valence-electron chi connectivity index (χ4n) is 3.43. The number of nitrogens with two attached hydrogens (primary N) is 1. The Labute approximate surface area is 117 Å². The van der Waals surface area contributed by atoms with E-state index in [4.69, 9.17) is 5.73 Å². The highest BCUT2D eigenvalue weighted by Gasteiger charge is 2.32. The minimum Gasteiger partial charge on any atom is -0.345 e. The Bertz CT molecular complexity index is 267. The van der Waals surface area contributed by atoms with Crippen molar-refractivity contribution in [3.63, 3.8) is 0 Å². The maximum atomic E-state index is 12.3. The molecule has 0 bridgehead atoms. The van der Waals surface area contributed by atoms with Crippen molar-refractivity contribution >= 4 is 18.3 Å². The number of amides is 1. The first-order valence-electron chi connectivity index (χ1n) is 7.19. The van der Waals surface area contributed by atoms with Gasteiger partial charge in [0.15, 0.2) is 0 Å². The smallest absolute Gasteiger partial charge is 0.226 e. The number of hydrogen-bond acceptors (Lipinski definition) is 2.